The van der Waals surface area contributed by atoms with Gasteiger partial charge in [-0.15, -0.1) is 6.58 Å². The lowest BCUT2D eigenvalue weighted by atomic mass is 10.1. The Bertz CT molecular complexity index is 918. The fraction of sp³-hybridized carbons (Fsp3) is 0.211. The molecule has 0 unspecified atom stereocenters. The summed E-state index contributed by atoms with van der Waals surface area (Å²) in [7, 11) is 0. The number of rotatable bonds is 6. The first-order valence-electron chi connectivity index (χ1n) is 8.03. The van der Waals surface area contributed by atoms with Crippen molar-refractivity contribution in [3.63, 3.8) is 0 Å². The van der Waals surface area contributed by atoms with Crippen molar-refractivity contribution in [3.05, 3.63) is 60.3 Å². The van der Waals surface area contributed by atoms with Gasteiger partial charge in [0.05, 0.1) is 22.7 Å². The maximum absolute atomic E-state index is 11.9. The van der Waals surface area contributed by atoms with E-state index in [4.69, 9.17) is 4.98 Å². The molecule has 5 nitrogen and oxygen atoms in total. The lowest BCUT2D eigenvalue weighted by molar-refractivity contribution is -0.118. The molecule has 0 bridgehead atoms. The minimum atomic E-state index is -0.0488. The third-order valence-electron chi connectivity index (χ3n) is 3.70. The third-order valence-corrected chi connectivity index (χ3v) is 4.63. The molecule has 0 radical (unpaired) electrons. The Balaban J connectivity index is 2.01. The first-order valence-corrected chi connectivity index (χ1v) is 9.01. The summed E-state index contributed by atoms with van der Waals surface area (Å²) in [6, 6.07) is 12.1. The molecular formula is C19H20N4OS. The second kappa shape index (κ2) is 7.53. The van der Waals surface area contributed by atoms with Crippen molar-refractivity contribution in [2.24, 2.45) is 0 Å². The molecule has 0 aliphatic rings. The highest BCUT2D eigenvalue weighted by atomic mass is 32.2. The zero-order chi connectivity index (χ0) is 17.8. The Hall–Kier alpha value is -2.60. The Kier molecular flexibility index (Phi) is 5.19. The van der Waals surface area contributed by atoms with Crippen LogP contribution in [0.4, 0.5) is 0 Å². The van der Waals surface area contributed by atoms with Crippen molar-refractivity contribution >= 4 is 23.2 Å². The minimum Gasteiger partial charge on any atom is -0.352 e. The van der Waals surface area contributed by atoms with Crippen LogP contribution < -0.4 is 5.32 Å². The van der Waals surface area contributed by atoms with Gasteiger partial charge in [-0.05, 0) is 25.5 Å². The summed E-state index contributed by atoms with van der Waals surface area (Å²) in [5.74, 6) is 0.239. The molecule has 0 saturated heterocycles. The summed E-state index contributed by atoms with van der Waals surface area (Å²) in [4.78, 5) is 16.7. The monoisotopic (exact) mass is 352 g/mol. The van der Waals surface area contributed by atoms with Crippen molar-refractivity contribution in [2.45, 2.75) is 19.0 Å². The number of carbonyl (C=O) groups is 1. The molecule has 2 heterocycles. The van der Waals surface area contributed by atoms with Crippen LogP contribution in [0.5, 0.6) is 0 Å². The lowest BCUT2D eigenvalue weighted by Crippen LogP contribution is -2.25. The highest BCUT2D eigenvalue weighted by Gasteiger charge is 2.17. The molecule has 6 heteroatoms. The fourth-order valence-corrected chi connectivity index (χ4v) is 3.44. The van der Waals surface area contributed by atoms with Gasteiger partial charge in [0, 0.05) is 12.1 Å². The Morgan fingerprint density at radius 2 is 2.08 bits per heavy atom. The Morgan fingerprint density at radius 3 is 2.80 bits per heavy atom. The number of carbonyl (C=O) groups excluding carboxylic acids is 1. The van der Waals surface area contributed by atoms with E-state index in [-0.39, 0.29) is 11.7 Å². The van der Waals surface area contributed by atoms with E-state index >= 15 is 0 Å². The molecule has 0 aliphatic heterocycles. The molecule has 128 valence electrons. The molecule has 25 heavy (non-hydrogen) atoms. The number of imidazole rings is 1. The van der Waals surface area contributed by atoms with Crippen LogP contribution in [0.25, 0.3) is 16.8 Å². The van der Waals surface area contributed by atoms with E-state index in [0.29, 0.717) is 6.54 Å². The van der Waals surface area contributed by atoms with E-state index in [1.807, 2.05) is 41.8 Å². The molecule has 0 fully saturated rings. The number of thioether (sulfide) groups is 1. The van der Waals surface area contributed by atoms with Crippen LogP contribution in [-0.2, 0) is 4.79 Å². The number of aryl methyl sites for hydroxylation is 2. The number of nitrogens with zero attached hydrogens (tertiary/aromatic N) is 3. The largest absolute Gasteiger partial charge is 0.352 e. The normalized spacial score (nSPS) is 10.8. The van der Waals surface area contributed by atoms with Gasteiger partial charge >= 0.3 is 0 Å². The number of fused-ring (bicyclic) bond motifs is 1. The zero-order valence-corrected chi connectivity index (χ0v) is 15.1. The van der Waals surface area contributed by atoms with Gasteiger partial charge in [0.1, 0.15) is 0 Å². The van der Waals surface area contributed by atoms with Gasteiger partial charge in [-0.3, -0.25) is 4.79 Å². The average Bonchev–Trinajstić information content (AvgIpc) is 2.97. The quantitative estimate of drug-likeness (QED) is 0.546. The van der Waals surface area contributed by atoms with Crippen molar-refractivity contribution in [1.29, 1.82) is 0 Å². The van der Waals surface area contributed by atoms with Crippen LogP contribution in [-0.4, -0.2) is 32.8 Å². The van der Waals surface area contributed by atoms with E-state index in [0.717, 1.165) is 33.2 Å². The van der Waals surface area contributed by atoms with Crippen molar-refractivity contribution < 1.29 is 4.79 Å². The van der Waals surface area contributed by atoms with Gasteiger partial charge in [0.2, 0.25) is 5.91 Å². The standard InChI is InChI=1S/C19H20N4OS/c1-4-10-20-16(24)12-25-19-21-17(15-8-6-5-7-9-15)18-13(2)11-14(3)22-23(18)19/h4-9,11H,1,10,12H2,2-3H3,(H,20,24). The number of nitrogens with one attached hydrogen (secondary N) is 1. The summed E-state index contributed by atoms with van der Waals surface area (Å²) < 4.78 is 1.85. The van der Waals surface area contributed by atoms with Crippen LogP contribution >= 0.6 is 11.8 Å². The lowest BCUT2D eigenvalue weighted by Gasteiger charge is -2.05. The number of benzene rings is 1. The Morgan fingerprint density at radius 1 is 1.32 bits per heavy atom. The van der Waals surface area contributed by atoms with E-state index < -0.39 is 0 Å². The van der Waals surface area contributed by atoms with Gasteiger partial charge in [-0.2, -0.15) is 5.10 Å². The van der Waals surface area contributed by atoms with Crippen LogP contribution in [0.3, 0.4) is 0 Å². The van der Waals surface area contributed by atoms with Gasteiger partial charge in [-0.1, -0.05) is 48.2 Å². The predicted octanol–water partition coefficient (Wildman–Crippen LogP) is 3.41. The Labute approximate surface area is 151 Å². The third kappa shape index (κ3) is 3.74. The van der Waals surface area contributed by atoms with Crippen LogP contribution in [0.2, 0.25) is 0 Å². The van der Waals surface area contributed by atoms with Crippen LogP contribution in [0, 0.1) is 13.8 Å². The summed E-state index contributed by atoms with van der Waals surface area (Å²) in [6.07, 6.45) is 1.66. The van der Waals surface area contributed by atoms with Crippen molar-refractivity contribution in [1.82, 2.24) is 19.9 Å². The van der Waals surface area contributed by atoms with Crippen molar-refractivity contribution in [2.75, 3.05) is 12.3 Å². The van der Waals surface area contributed by atoms with Crippen LogP contribution in [0.1, 0.15) is 11.3 Å². The van der Waals surface area contributed by atoms with Gasteiger partial charge < -0.3 is 5.32 Å². The minimum absolute atomic E-state index is 0.0488. The molecular weight excluding hydrogens is 332 g/mol. The van der Waals surface area contributed by atoms with E-state index in [9.17, 15) is 4.79 Å². The maximum atomic E-state index is 11.9. The molecule has 3 rings (SSSR count). The molecule has 0 spiro atoms. The zero-order valence-electron chi connectivity index (χ0n) is 14.3. The SMILES string of the molecule is C=CCNC(=O)CSc1nc(-c2ccccc2)c2c(C)cc(C)nn12. The molecule has 0 aliphatic carbocycles. The van der Waals surface area contributed by atoms with E-state index in [1.165, 1.54) is 11.8 Å². The summed E-state index contributed by atoms with van der Waals surface area (Å²) in [5, 5.41) is 8.10. The molecule has 1 amide bonds. The topological polar surface area (TPSA) is 59.3 Å². The summed E-state index contributed by atoms with van der Waals surface area (Å²) in [5.41, 5.74) is 4.93. The van der Waals surface area contributed by atoms with E-state index in [2.05, 4.69) is 30.0 Å². The molecule has 2 aromatic heterocycles. The van der Waals surface area contributed by atoms with Crippen LogP contribution in [0.15, 0.2) is 54.2 Å². The summed E-state index contributed by atoms with van der Waals surface area (Å²) in [6.45, 7) is 8.08. The van der Waals surface area contributed by atoms with Gasteiger partial charge in [0.15, 0.2) is 5.16 Å². The average molecular weight is 352 g/mol. The highest BCUT2D eigenvalue weighted by Crippen LogP contribution is 2.30. The molecule has 1 N–H and O–H groups in total. The smallest absolute Gasteiger partial charge is 0.230 e. The summed E-state index contributed by atoms with van der Waals surface area (Å²) >= 11 is 1.38. The van der Waals surface area contributed by atoms with Crippen molar-refractivity contribution in [3.8, 4) is 11.3 Å². The molecule has 3 aromatic rings. The number of hydrogen-bond donors (Lipinski definition) is 1. The number of hydrogen-bond acceptors (Lipinski definition) is 4. The van der Waals surface area contributed by atoms with Gasteiger partial charge in [-0.25, -0.2) is 9.50 Å². The highest BCUT2D eigenvalue weighted by molar-refractivity contribution is 7.99. The number of amides is 1. The second-order valence-corrected chi connectivity index (χ2v) is 6.66. The molecule has 0 saturated carbocycles. The first kappa shape index (κ1) is 17.2. The number of aromatic nitrogens is 3. The second-order valence-electron chi connectivity index (χ2n) is 5.72. The maximum Gasteiger partial charge on any atom is 0.230 e. The molecule has 0 atom stereocenters. The van der Waals surface area contributed by atoms with Gasteiger partial charge in [0.25, 0.3) is 0 Å². The first-order chi connectivity index (χ1) is 12.1. The fourth-order valence-electron chi connectivity index (χ4n) is 2.66. The molecule has 1 aromatic carbocycles. The predicted molar refractivity (Wildman–Crippen MR) is 102 cm³/mol. The van der Waals surface area contributed by atoms with E-state index in [1.54, 1.807) is 6.08 Å².